The van der Waals surface area contributed by atoms with Crippen LogP contribution in [0.15, 0.2) is 57.7 Å². The lowest BCUT2D eigenvalue weighted by atomic mass is 10.2. The summed E-state index contributed by atoms with van der Waals surface area (Å²) in [6.07, 6.45) is 0. The zero-order valence-corrected chi connectivity index (χ0v) is 13.8. The van der Waals surface area contributed by atoms with E-state index in [1.807, 2.05) is 82.2 Å². The van der Waals surface area contributed by atoms with Gasteiger partial charge < -0.3 is 4.90 Å². The Morgan fingerprint density at radius 2 is 1.59 bits per heavy atom. The summed E-state index contributed by atoms with van der Waals surface area (Å²) in [7, 11) is 3.97. The number of azo groups is 1. The molecule has 0 unspecified atom stereocenters. The van der Waals surface area contributed by atoms with Crippen molar-refractivity contribution in [1.29, 1.82) is 0 Å². The van der Waals surface area contributed by atoms with Crippen molar-refractivity contribution >= 4 is 22.9 Å². The Balaban J connectivity index is 2.23. The molecule has 114 valence electrons. The normalized spacial score (nSPS) is 12.0. The summed E-state index contributed by atoms with van der Waals surface area (Å²) in [5, 5.41) is 8.64. The van der Waals surface area contributed by atoms with Crippen molar-refractivity contribution in [3.63, 3.8) is 0 Å². The second kappa shape index (κ2) is 6.98. The van der Waals surface area contributed by atoms with Gasteiger partial charge in [-0.25, -0.2) is 4.99 Å². The highest BCUT2D eigenvalue weighted by atomic mass is 15.1. The summed E-state index contributed by atoms with van der Waals surface area (Å²) in [5.74, 6) is 0.970. The number of benzene rings is 2. The lowest BCUT2D eigenvalue weighted by Gasteiger charge is -2.11. The van der Waals surface area contributed by atoms with Crippen LogP contribution in [0.2, 0.25) is 0 Å². The van der Waals surface area contributed by atoms with Crippen molar-refractivity contribution in [2.24, 2.45) is 15.2 Å². The van der Waals surface area contributed by atoms with E-state index in [1.165, 1.54) is 0 Å². The molecule has 0 aliphatic carbocycles. The van der Waals surface area contributed by atoms with Gasteiger partial charge in [0.25, 0.3) is 0 Å². The number of rotatable bonds is 3. The van der Waals surface area contributed by atoms with E-state index in [4.69, 9.17) is 0 Å². The van der Waals surface area contributed by atoms with Crippen LogP contribution in [0.5, 0.6) is 0 Å². The Labute approximate surface area is 132 Å². The molecule has 0 radical (unpaired) electrons. The third-order valence-corrected chi connectivity index (χ3v) is 3.50. The first kappa shape index (κ1) is 15.9. The SMILES string of the molecule is CC(=Nc1ccc(N=Nc2ccccc2C)cc1C)N(C)C. The third-order valence-electron chi connectivity index (χ3n) is 3.50. The van der Waals surface area contributed by atoms with Crippen molar-refractivity contribution in [3.8, 4) is 0 Å². The van der Waals surface area contributed by atoms with Gasteiger partial charge in [0, 0.05) is 14.1 Å². The molecule has 0 aliphatic rings. The molecule has 0 spiro atoms. The van der Waals surface area contributed by atoms with Gasteiger partial charge in [-0.05, 0) is 56.2 Å². The van der Waals surface area contributed by atoms with E-state index in [1.54, 1.807) is 0 Å². The quantitative estimate of drug-likeness (QED) is 0.428. The number of hydrogen-bond acceptors (Lipinski definition) is 3. The lowest BCUT2D eigenvalue weighted by Crippen LogP contribution is -2.17. The van der Waals surface area contributed by atoms with E-state index in [0.717, 1.165) is 34.0 Å². The molecule has 0 atom stereocenters. The van der Waals surface area contributed by atoms with Crippen LogP contribution in [0, 0.1) is 13.8 Å². The predicted octanol–water partition coefficient (Wildman–Crippen LogP) is 5.33. The van der Waals surface area contributed by atoms with Crippen LogP contribution in [0.4, 0.5) is 17.1 Å². The summed E-state index contributed by atoms with van der Waals surface area (Å²) in [6, 6.07) is 13.9. The number of aliphatic imine (C=N–C) groups is 1. The monoisotopic (exact) mass is 294 g/mol. The van der Waals surface area contributed by atoms with Crippen LogP contribution in [0.3, 0.4) is 0 Å². The van der Waals surface area contributed by atoms with Crippen LogP contribution in [0.25, 0.3) is 0 Å². The maximum absolute atomic E-state index is 4.60. The highest BCUT2D eigenvalue weighted by Gasteiger charge is 2.01. The molecule has 2 rings (SSSR count). The van der Waals surface area contributed by atoms with Crippen LogP contribution in [-0.2, 0) is 0 Å². The summed E-state index contributed by atoms with van der Waals surface area (Å²) in [5.41, 5.74) is 4.89. The van der Waals surface area contributed by atoms with Gasteiger partial charge >= 0.3 is 0 Å². The highest BCUT2D eigenvalue weighted by Crippen LogP contribution is 2.26. The summed E-state index contributed by atoms with van der Waals surface area (Å²) < 4.78 is 0. The second-order valence-electron chi connectivity index (χ2n) is 5.51. The molecule has 4 heteroatoms. The van der Waals surface area contributed by atoms with Crippen LogP contribution >= 0.6 is 0 Å². The van der Waals surface area contributed by atoms with E-state index in [-0.39, 0.29) is 0 Å². The highest BCUT2D eigenvalue weighted by molar-refractivity contribution is 5.82. The Hall–Kier alpha value is -2.49. The molecule has 4 nitrogen and oxygen atoms in total. The van der Waals surface area contributed by atoms with Gasteiger partial charge in [0.05, 0.1) is 17.1 Å². The molecular formula is C18H22N4. The molecule has 2 aromatic rings. The standard InChI is InChI=1S/C18H22N4/c1-13-8-6-7-9-18(13)21-20-16-10-11-17(14(2)12-16)19-15(3)22(4)5/h6-12H,1-5H3. The van der Waals surface area contributed by atoms with Crippen molar-refractivity contribution < 1.29 is 0 Å². The minimum Gasteiger partial charge on any atom is -0.366 e. The van der Waals surface area contributed by atoms with E-state index in [2.05, 4.69) is 15.2 Å². The van der Waals surface area contributed by atoms with Crippen molar-refractivity contribution in [1.82, 2.24) is 4.90 Å². The minimum absolute atomic E-state index is 0.835. The first-order valence-electron chi connectivity index (χ1n) is 7.28. The minimum atomic E-state index is 0.835. The largest absolute Gasteiger partial charge is 0.366 e. The molecule has 0 fully saturated rings. The molecule has 2 aromatic carbocycles. The first-order valence-corrected chi connectivity index (χ1v) is 7.28. The Bertz CT molecular complexity index is 715. The molecule has 0 aromatic heterocycles. The third kappa shape index (κ3) is 4.01. The molecular weight excluding hydrogens is 272 g/mol. The average Bonchev–Trinajstić information content (AvgIpc) is 2.48. The molecule has 0 aliphatic heterocycles. The Kier molecular flexibility index (Phi) is 5.04. The first-order chi connectivity index (χ1) is 10.5. The molecule has 22 heavy (non-hydrogen) atoms. The van der Waals surface area contributed by atoms with Crippen LogP contribution in [0.1, 0.15) is 18.1 Å². The Morgan fingerprint density at radius 1 is 0.864 bits per heavy atom. The smallest absolute Gasteiger partial charge is 0.101 e. The van der Waals surface area contributed by atoms with Gasteiger partial charge in [-0.15, -0.1) is 0 Å². The Morgan fingerprint density at radius 3 is 2.23 bits per heavy atom. The fraction of sp³-hybridized carbons (Fsp3) is 0.278. The fourth-order valence-corrected chi connectivity index (χ4v) is 1.89. The van der Waals surface area contributed by atoms with Gasteiger partial charge in [0.15, 0.2) is 0 Å². The number of amidine groups is 1. The van der Waals surface area contributed by atoms with Crippen molar-refractivity contribution in [2.45, 2.75) is 20.8 Å². The average molecular weight is 294 g/mol. The predicted molar refractivity (Wildman–Crippen MR) is 93.0 cm³/mol. The maximum atomic E-state index is 4.60. The van der Waals surface area contributed by atoms with Crippen molar-refractivity contribution in [3.05, 3.63) is 53.6 Å². The molecule has 0 saturated carbocycles. The maximum Gasteiger partial charge on any atom is 0.101 e. The van der Waals surface area contributed by atoms with Gasteiger partial charge in [0.1, 0.15) is 5.84 Å². The summed E-state index contributed by atoms with van der Waals surface area (Å²) >= 11 is 0. The van der Waals surface area contributed by atoms with Crippen molar-refractivity contribution in [2.75, 3.05) is 14.1 Å². The summed E-state index contributed by atoms with van der Waals surface area (Å²) in [4.78, 5) is 6.59. The summed E-state index contributed by atoms with van der Waals surface area (Å²) in [6.45, 7) is 6.06. The molecule has 0 saturated heterocycles. The zero-order valence-electron chi connectivity index (χ0n) is 13.8. The molecule has 0 amide bonds. The van der Waals surface area contributed by atoms with E-state index in [0.29, 0.717) is 0 Å². The van der Waals surface area contributed by atoms with Gasteiger partial charge in [0.2, 0.25) is 0 Å². The lowest BCUT2D eigenvalue weighted by molar-refractivity contribution is 0.619. The van der Waals surface area contributed by atoms with E-state index in [9.17, 15) is 0 Å². The van der Waals surface area contributed by atoms with Gasteiger partial charge in [-0.2, -0.15) is 10.2 Å². The zero-order chi connectivity index (χ0) is 16.1. The molecule has 0 heterocycles. The number of aryl methyl sites for hydroxylation is 2. The fourth-order valence-electron chi connectivity index (χ4n) is 1.89. The van der Waals surface area contributed by atoms with E-state index >= 15 is 0 Å². The van der Waals surface area contributed by atoms with Gasteiger partial charge in [-0.3, -0.25) is 0 Å². The molecule has 0 N–H and O–H groups in total. The van der Waals surface area contributed by atoms with Crippen LogP contribution in [-0.4, -0.2) is 24.8 Å². The number of nitrogens with zero attached hydrogens (tertiary/aromatic N) is 4. The number of hydrogen-bond donors (Lipinski definition) is 0. The van der Waals surface area contributed by atoms with Gasteiger partial charge in [-0.1, -0.05) is 18.2 Å². The van der Waals surface area contributed by atoms with Crippen LogP contribution < -0.4 is 0 Å². The molecule has 0 bridgehead atoms. The topological polar surface area (TPSA) is 40.3 Å². The second-order valence-corrected chi connectivity index (χ2v) is 5.51. The van der Waals surface area contributed by atoms with E-state index < -0.39 is 0 Å².